The van der Waals surface area contributed by atoms with Crippen LogP contribution in [-0.2, 0) is 11.2 Å². The number of aryl methyl sites for hydroxylation is 1. The summed E-state index contributed by atoms with van der Waals surface area (Å²) in [4.78, 5) is 16.2. The molecule has 1 amide bonds. The van der Waals surface area contributed by atoms with Crippen molar-refractivity contribution in [2.75, 3.05) is 19.6 Å². The third kappa shape index (κ3) is 6.14. The predicted octanol–water partition coefficient (Wildman–Crippen LogP) is 2.61. The van der Waals surface area contributed by atoms with Crippen molar-refractivity contribution in [2.45, 2.75) is 45.4 Å². The van der Waals surface area contributed by atoms with E-state index in [0.717, 1.165) is 38.9 Å². The molecule has 4 nitrogen and oxygen atoms in total. The number of amides is 1. The quantitative estimate of drug-likeness (QED) is 0.726. The van der Waals surface area contributed by atoms with Crippen LogP contribution in [0.25, 0.3) is 0 Å². The van der Waals surface area contributed by atoms with Crippen molar-refractivity contribution in [3.63, 3.8) is 0 Å². The van der Waals surface area contributed by atoms with Crippen LogP contribution < -0.4 is 10.6 Å². The predicted molar refractivity (Wildman–Crippen MR) is 87.4 cm³/mol. The SMILES string of the molecule is CC(CC(=O)NCCCCc1nccs1)C1CCNCC1. The molecule has 1 aromatic heterocycles. The van der Waals surface area contributed by atoms with Gasteiger partial charge in [-0.3, -0.25) is 4.79 Å². The molecule has 21 heavy (non-hydrogen) atoms. The minimum atomic E-state index is 0.218. The van der Waals surface area contributed by atoms with Crippen LogP contribution in [0.3, 0.4) is 0 Å². The molecule has 1 atom stereocenters. The highest BCUT2D eigenvalue weighted by atomic mass is 32.1. The molecule has 118 valence electrons. The highest BCUT2D eigenvalue weighted by Gasteiger charge is 2.21. The maximum Gasteiger partial charge on any atom is 0.220 e. The van der Waals surface area contributed by atoms with Gasteiger partial charge in [0, 0.05) is 24.5 Å². The lowest BCUT2D eigenvalue weighted by atomic mass is 9.84. The molecule has 1 aliphatic heterocycles. The molecular formula is C16H27N3OS. The highest BCUT2D eigenvalue weighted by molar-refractivity contribution is 7.09. The summed E-state index contributed by atoms with van der Waals surface area (Å²) < 4.78 is 0. The van der Waals surface area contributed by atoms with Crippen LogP contribution in [0.1, 0.15) is 44.0 Å². The number of carbonyl (C=O) groups is 1. The van der Waals surface area contributed by atoms with Crippen molar-refractivity contribution in [1.29, 1.82) is 0 Å². The van der Waals surface area contributed by atoms with Gasteiger partial charge in [0.2, 0.25) is 5.91 Å². The Balaban J connectivity index is 1.52. The maximum absolute atomic E-state index is 12.0. The molecule has 2 heterocycles. The average Bonchev–Trinajstić information content (AvgIpc) is 3.01. The lowest BCUT2D eigenvalue weighted by Gasteiger charge is -2.27. The molecule has 0 spiro atoms. The van der Waals surface area contributed by atoms with E-state index in [-0.39, 0.29) is 5.91 Å². The van der Waals surface area contributed by atoms with E-state index < -0.39 is 0 Å². The van der Waals surface area contributed by atoms with Gasteiger partial charge in [0.05, 0.1) is 5.01 Å². The van der Waals surface area contributed by atoms with Gasteiger partial charge in [-0.25, -0.2) is 4.98 Å². The highest BCUT2D eigenvalue weighted by Crippen LogP contribution is 2.24. The largest absolute Gasteiger partial charge is 0.356 e. The lowest BCUT2D eigenvalue weighted by Crippen LogP contribution is -2.33. The first kappa shape index (κ1) is 16.4. The first-order valence-corrected chi connectivity index (χ1v) is 8.99. The zero-order valence-corrected chi connectivity index (χ0v) is 13.8. The standard InChI is InChI=1S/C16H27N3OS/c1-13(14-5-8-17-9-6-14)12-15(20)18-7-3-2-4-16-19-10-11-21-16/h10-11,13-14,17H,2-9,12H2,1H3,(H,18,20). The Labute approximate surface area is 131 Å². The Morgan fingerprint density at radius 1 is 1.48 bits per heavy atom. The molecule has 0 radical (unpaired) electrons. The average molecular weight is 309 g/mol. The van der Waals surface area contributed by atoms with E-state index in [1.807, 2.05) is 11.6 Å². The summed E-state index contributed by atoms with van der Waals surface area (Å²) in [6.45, 7) is 5.22. The summed E-state index contributed by atoms with van der Waals surface area (Å²) in [5.41, 5.74) is 0. The second kappa shape index (κ2) is 9.15. The van der Waals surface area contributed by atoms with E-state index >= 15 is 0 Å². The van der Waals surface area contributed by atoms with Gasteiger partial charge < -0.3 is 10.6 Å². The van der Waals surface area contributed by atoms with E-state index in [4.69, 9.17) is 0 Å². The van der Waals surface area contributed by atoms with Crippen molar-refractivity contribution in [2.24, 2.45) is 11.8 Å². The molecule has 1 unspecified atom stereocenters. The molecule has 0 aliphatic carbocycles. The molecule has 2 N–H and O–H groups in total. The van der Waals surface area contributed by atoms with Gasteiger partial charge in [-0.1, -0.05) is 6.92 Å². The van der Waals surface area contributed by atoms with Gasteiger partial charge in [0.25, 0.3) is 0 Å². The van der Waals surface area contributed by atoms with E-state index in [0.29, 0.717) is 18.3 Å². The third-order valence-corrected chi connectivity index (χ3v) is 5.16. The number of rotatable bonds is 8. The molecule has 1 aromatic rings. The van der Waals surface area contributed by atoms with E-state index in [1.165, 1.54) is 17.8 Å². The molecule has 5 heteroatoms. The van der Waals surface area contributed by atoms with Crippen molar-refractivity contribution in [3.05, 3.63) is 16.6 Å². The van der Waals surface area contributed by atoms with Crippen LogP contribution in [0.5, 0.6) is 0 Å². The number of hydrogen-bond donors (Lipinski definition) is 2. The summed E-state index contributed by atoms with van der Waals surface area (Å²) in [6, 6.07) is 0. The summed E-state index contributed by atoms with van der Waals surface area (Å²) in [7, 11) is 0. The minimum absolute atomic E-state index is 0.218. The molecule has 0 bridgehead atoms. The number of aromatic nitrogens is 1. The fourth-order valence-electron chi connectivity index (χ4n) is 2.95. The Hall–Kier alpha value is -0.940. The van der Waals surface area contributed by atoms with Crippen LogP contribution in [0, 0.1) is 11.8 Å². The Morgan fingerprint density at radius 2 is 2.29 bits per heavy atom. The van der Waals surface area contributed by atoms with Gasteiger partial charge in [0.15, 0.2) is 0 Å². The zero-order chi connectivity index (χ0) is 14.9. The monoisotopic (exact) mass is 309 g/mol. The first-order chi connectivity index (χ1) is 10.3. The van der Waals surface area contributed by atoms with E-state index in [2.05, 4.69) is 22.5 Å². The van der Waals surface area contributed by atoms with Gasteiger partial charge in [-0.15, -0.1) is 11.3 Å². The molecule has 1 saturated heterocycles. The molecular weight excluding hydrogens is 282 g/mol. The van der Waals surface area contributed by atoms with Crippen LogP contribution in [0.4, 0.5) is 0 Å². The first-order valence-electron chi connectivity index (χ1n) is 8.11. The van der Waals surface area contributed by atoms with Crippen molar-refractivity contribution < 1.29 is 4.79 Å². The van der Waals surface area contributed by atoms with Crippen LogP contribution in [0.2, 0.25) is 0 Å². The third-order valence-electron chi connectivity index (χ3n) is 4.32. The Morgan fingerprint density at radius 3 is 3.00 bits per heavy atom. The number of nitrogens with one attached hydrogen (secondary N) is 2. The van der Waals surface area contributed by atoms with Crippen molar-refractivity contribution in [3.8, 4) is 0 Å². The number of hydrogen-bond acceptors (Lipinski definition) is 4. The number of thiazole rings is 1. The van der Waals surface area contributed by atoms with Crippen LogP contribution in [0.15, 0.2) is 11.6 Å². The van der Waals surface area contributed by atoms with Crippen molar-refractivity contribution >= 4 is 17.2 Å². The topological polar surface area (TPSA) is 54.0 Å². The summed E-state index contributed by atoms with van der Waals surface area (Å²) >= 11 is 1.71. The number of carbonyl (C=O) groups excluding carboxylic acids is 1. The van der Waals surface area contributed by atoms with Crippen LogP contribution in [-0.4, -0.2) is 30.5 Å². The second-order valence-electron chi connectivity index (χ2n) is 6.00. The summed E-state index contributed by atoms with van der Waals surface area (Å²) in [6.07, 6.45) is 8.11. The van der Waals surface area contributed by atoms with Gasteiger partial charge >= 0.3 is 0 Å². The summed E-state index contributed by atoms with van der Waals surface area (Å²) in [5, 5.41) is 9.65. The molecule has 1 aliphatic rings. The molecule has 0 saturated carbocycles. The second-order valence-corrected chi connectivity index (χ2v) is 6.98. The maximum atomic E-state index is 12.0. The molecule has 0 aromatic carbocycles. The zero-order valence-electron chi connectivity index (χ0n) is 12.9. The number of unbranched alkanes of at least 4 members (excludes halogenated alkanes) is 1. The van der Waals surface area contributed by atoms with Crippen LogP contribution >= 0.6 is 11.3 Å². The number of nitrogens with zero attached hydrogens (tertiary/aromatic N) is 1. The van der Waals surface area contributed by atoms with Crippen molar-refractivity contribution in [1.82, 2.24) is 15.6 Å². The van der Waals surface area contributed by atoms with Gasteiger partial charge in [-0.05, 0) is 57.0 Å². The normalized spacial score (nSPS) is 17.6. The smallest absolute Gasteiger partial charge is 0.220 e. The number of piperidine rings is 1. The Kier molecular flexibility index (Phi) is 7.16. The fraction of sp³-hybridized carbons (Fsp3) is 0.750. The van der Waals surface area contributed by atoms with E-state index in [9.17, 15) is 4.79 Å². The lowest BCUT2D eigenvalue weighted by molar-refractivity contribution is -0.122. The Bertz CT molecular complexity index is 402. The summed E-state index contributed by atoms with van der Waals surface area (Å²) in [5.74, 6) is 1.43. The van der Waals surface area contributed by atoms with E-state index in [1.54, 1.807) is 11.3 Å². The fourth-order valence-corrected chi connectivity index (χ4v) is 3.61. The molecule has 1 fully saturated rings. The molecule has 2 rings (SSSR count). The van der Waals surface area contributed by atoms with Gasteiger partial charge in [0.1, 0.15) is 0 Å². The van der Waals surface area contributed by atoms with Gasteiger partial charge in [-0.2, -0.15) is 0 Å². The minimum Gasteiger partial charge on any atom is -0.356 e.